The number of esters is 1. The molecule has 22 heavy (non-hydrogen) atoms. The number of nitrogens with zero attached hydrogens (tertiary/aromatic N) is 2. The standard InChI is InChI=1S/C14H13ClFN3O3/c1-3-22-14(21)8-7-17-19(2)12(8)18-13(20)11-9(15)5-4-6-10(11)16/h4-7H,3H2,1-2H3,(H,18,20). The van der Waals surface area contributed by atoms with Crippen LogP contribution in [0.4, 0.5) is 10.2 Å². The Morgan fingerprint density at radius 2 is 2.18 bits per heavy atom. The van der Waals surface area contributed by atoms with E-state index in [1.807, 2.05) is 0 Å². The van der Waals surface area contributed by atoms with E-state index in [2.05, 4.69) is 10.4 Å². The fourth-order valence-electron chi connectivity index (χ4n) is 1.83. The summed E-state index contributed by atoms with van der Waals surface area (Å²) in [5.74, 6) is -2.07. The fourth-order valence-corrected chi connectivity index (χ4v) is 2.08. The van der Waals surface area contributed by atoms with E-state index in [-0.39, 0.29) is 28.6 Å². The summed E-state index contributed by atoms with van der Waals surface area (Å²) < 4.78 is 19.9. The number of ether oxygens (including phenoxy) is 1. The highest BCUT2D eigenvalue weighted by Crippen LogP contribution is 2.22. The van der Waals surface area contributed by atoms with Gasteiger partial charge in [-0.1, -0.05) is 17.7 Å². The van der Waals surface area contributed by atoms with Crippen LogP contribution >= 0.6 is 11.6 Å². The zero-order chi connectivity index (χ0) is 16.3. The molecule has 8 heteroatoms. The molecular weight excluding hydrogens is 313 g/mol. The first-order valence-electron chi connectivity index (χ1n) is 6.40. The average molecular weight is 326 g/mol. The van der Waals surface area contributed by atoms with Crippen LogP contribution in [0.15, 0.2) is 24.4 Å². The number of aryl methyl sites for hydroxylation is 1. The van der Waals surface area contributed by atoms with E-state index in [1.165, 1.54) is 30.1 Å². The number of rotatable bonds is 4. The van der Waals surface area contributed by atoms with Crippen molar-refractivity contribution in [1.29, 1.82) is 0 Å². The molecule has 0 unspecified atom stereocenters. The topological polar surface area (TPSA) is 73.2 Å². The van der Waals surface area contributed by atoms with Crippen molar-refractivity contribution < 1.29 is 18.7 Å². The first kappa shape index (κ1) is 16.0. The van der Waals surface area contributed by atoms with Gasteiger partial charge < -0.3 is 10.1 Å². The molecule has 0 saturated heterocycles. The monoisotopic (exact) mass is 325 g/mol. The quantitative estimate of drug-likeness (QED) is 0.877. The predicted octanol–water partition coefficient (Wildman–Crippen LogP) is 2.64. The Hall–Kier alpha value is -2.41. The molecule has 2 rings (SSSR count). The van der Waals surface area contributed by atoms with E-state index in [0.717, 1.165) is 6.07 Å². The van der Waals surface area contributed by atoms with Gasteiger partial charge in [0.25, 0.3) is 5.91 Å². The number of benzene rings is 1. The van der Waals surface area contributed by atoms with E-state index in [0.29, 0.717) is 0 Å². The lowest BCUT2D eigenvalue weighted by Crippen LogP contribution is -2.19. The highest BCUT2D eigenvalue weighted by atomic mass is 35.5. The van der Waals surface area contributed by atoms with Gasteiger partial charge >= 0.3 is 5.97 Å². The molecular formula is C14H13ClFN3O3. The molecule has 0 fully saturated rings. The van der Waals surface area contributed by atoms with E-state index in [9.17, 15) is 14.0 Å². The van der Waals surface area contributed by atoms with Crippen LogP contribution in [0.2, 0.25) is 5.02 Å². The van der Waals surface area contributed by atoms with Crippen molar-refractivity contribution in [3.63, 3.8) is 0 Å². The molecule has 0 atom stereocenters. The molecule has 116 valence electrons. The normalized spacial score (nSPS) is 10.4. The van der Waals surface area contributed by atoms with Crippen LogP contribution in [0.5, 0.6) is 0 Å². The highest BCUT2D eigenvalue weighted by Gasteiger charge is 2.22. The molecule has 1 amide bonds. The van der Waals surface area contributed by atoms with Gasteiger partial charge in [0.2, 0.25) is 0 Å². The largest absolute Gasteiger partial charge is 0.462 e. The minimum absolute atomic E-state index is 0.0302. The number of hydrogen-bond donors (Lipinski definition) is 1. The number of anilines is 1. The van der Waals surface area contributed by atoms with Gasteiger partial charge in [0, 0.05) is 7.05 Å². The summed E-state index contributed by atoms with van der Waals surface area (Å²) >= 11 is 5.84. The molecule has 0 saturated carbocycles. The van der Waals surface area contributed by atoms with Crippen molar-refractivity contribution in [3.8, 4) is 0 Å². The average Bonchev–Trinajstić information content (AvgIpc) is 2.80. The maximum Gasteiger partial charge on any atom is 0.343 e. The third-order valence-electron chi connectivity index (χ3n) is 2.86. The second-order valence-corrected chi connectivity index (χ2v) is 4.71. The second kappa shape index (κ2) is 6.57. The lowest BCUT2D eigenvalue weighted by atomic mass is 10.2. The summed E-state index contributed by atoms with van der Waals surface area (Å²) in [6.07, 6.45) is 1.26. The van der Waals surface area contributed by atoms with Crippen molar-refractivity contribution in [1.82, 2.24) is 9.78 Å². The molecule has 0 spiro atoms. The van der Waals surface area contributed by atoms with Crippen LogP contribution in [-0.4, -0.2) is 28.3 Å². The summed E-state index contributed by atoms with van der Waals surface area (Å²) in [5, 5.41) is 6.29. The maximum absolute atomic E-state index is 13.8. The third kappa shape index (κ3) is 3.09. The maximum atomic E-state index is 13.8. The van der Waals surface area contributed by atoms with Gasteiger partial charge in [-0.25, -0.2) is 9.18 Å². The van der Waals surface area contributed by atoms with E-state index in [4.69, 9.17) is 16.3 Å². The molecule has 0 aliphatic rings. The molecule has 2 aromatic rings. The van der Waals surface area contributed by atoms with Gasteiger partial charge in [-0.15, -0.1) is 0 Å². The molecule has 1 heterocycles. The Labute approximate surface area is 130 Å². The van der Waals surface area contributed by atoms with E-state index < -0.39 is 17.7 Å². The van der Waals surface area contributed by atoms with Gasteiger partial charge in [0.15, 0.2) is 0 Å². The Morgan fingerprint density at radius 3 is 2.82 bits per heavy atom. The van der Waals surface area contributed by atoms with Crippen LogP contribution in [0.3, 0.4) is 0 Å². The van der Waals surface area contributed by atoms with Gasteiger partial charge in [0.1, 0.15) is 17.2 Å². The second-order valence-electron chi connectivity index (χ2n) is 4.30. The summed E-state index contributed by atoms with van der Waals surface area (Å²) in [6, 6.07) is 3.91. The van der Waals surface area contributed by atoms with Crippen molar-refractivity contribution >= 4 is 29.3 Å². The third-order valence-corrected chi connectivity index (χ3v) is 3.17. The van der Waals surface area contributed by atoms with Crippen LogP contribution in [0, 0.1) is 5.82 Å². The SMILES string of the molecule is CCOC(=O)c1cnn(C)c1NC(=O)c1c(F)cccc1Cl. The Bertz CT molecular complexity index is 710. The zero-order valence-corrected chi connectivity index (χ0v) is 12.6. The number of aromatic nitrogens is 2. The summed E-state index contributed by atoms with van der Waals surface area (Å²) in [7, 11) is 1.53. The Balaban J connectivity index is 2.33. The van der Waals surface area contributed by atoms with Crippen LogP contribution in [0.1, 0.15) is 27.6 Å². The molecule has 1 N–H and O–H groups in total. The number of hydrogen-bond acceptors (Lipinski definition) is 4. The molecule has 0 bridgehead atoms. The molecule has 0 aliphatic carbocycles. The Morgan fingerprint density at radius 1 is 1.45 bits per heavy atom. The number of halogens is 2. The molecule has 1 aromatic carbocycles. The van der Waals surface area contributed by atoms with Crippen LogP contribution < -0.4 is 5.32 Å². The Kier molecular flexibility index (Phi) is 4.77. The van der Waals surface area contributed by atoms with Crippen LogP contribution in [0.25, 0.3) is 0 Å². The lowest BCUT2D eigenvalue weighted by molar-refractivity contribution is 0.0527. The van der Waals surface area contributed by atoms with Crippen LogP contribution in [-0.2, 0) is 11.8 Å². The lowest BCUT2D eigenvalue weighted by Gasteiger charge is -2.09. The van der Waals surface area contributed by atoms with Crippen molar-refractivity contribution in [2.75, 3.05) is 11.9 Å². The zero-order valence-electron chi connectivity index (χ0n) is 11.9. The first-order valence-corrected chi connectivity index (χ1v) is 6.78. The fraction of sp³-hybridized carbons (Fsp3) is 0.214. The van der Waals surface area contributed by atoms with Crippen molar-refractivity contribution in [3.05, 3.63) is 46.4 Å². The van der Waals surface area contributed by atoms with Gasteiger partial charge in [-0.3, -0.25) is 9.48 Å². The van der Waals surface area contributed by atoms with Crippen molar-refractivity contribution in [2.45, 2.75) is 6.92 Å². The molecule has 0 radical (unpaired) electrons. The first-order chi connectivity index (χ1) is 10.5. The highest BCUT2D eigenvalue weighted by molar-refractivity contribution is 6.34. The minimum Gasteiger partial charge on any atom is -0.462 e. The van der Waals surface area contributed by atoms with Gasteiger partial charge in [-0.2, -0.15) is 5.10 Å². The molecule has 6 nitrogen and oxygen atoms in total. The summed E-state index contributed by atoms with van der Waals surface area (Å²) in [4.78, 5) is 24.0. The van der Waals surface area contributed by atoms with Crippen molar-refractivity contribution in [2.24, 2.45) is 7.05 Å². The minimum atomic E-state index is -0.780. The van der Waals surface area contributed by atoms with Gasteiger partial charge in [0.05, 0.1) is 23.4 Å². The number of carbonyl (C=O) groups is 2. The predicted molar refractivity (Wildman–Crippen MR) is 78.5 cm³/mol. The number of amides is 1. The summed E-state index contributed by atoms with van der Waals surface area (Å²) in [5.41, 5.74) is -0.231. The number of nitrogens with one attached hydrogen (secondary N) is 1. The molecule has 1 aromatic heterocycles. The van der Waals surface area contributed by atoms with E-state index >= 15 is 0 Å². The smallest absolute Gasteiger partial charge is 0.343 e. The van der Waals surface area contributed by atoms with E-state index in [1.54, 1.807) is 6.92 Å². The number of carbonyl (C=O) groups excluding carboxylic acids is 2. The van der Waals surface area contributed by atoms with Gasteiger partial charge in [-0.05, 0) is 19.1 Å². The molecule has 0 aliphatic heterocycles. The summed E-state index contributed by atoms with van der Waals surface area (Å²) in [6.45, 7) is 1.84.